The van der Waals surface area contributed by atoms with Crippen molar-refractivity contribution in [2.45, 2.75) is 26.7 Å². The summed E-state index contributed by atoms with van der Waals surface area (Å²) in [5.74, 6) is -0.786. The van der Waals surface area contributed by atoms with Gasteiger partial charge in [0.1, 0.15) is 0 Å². The smallest absolute Gasteiger partial charge is 0.311 e. The number of hydrogen-bond donors (Lipinski definition) is 0. The maximum Gasteiger partial charge on any atom is 0.311 e. The van der Waals surface area contributed by atoms with E-state index in [-0.39, 0.29) is 11.5 Å². The minimum absolute atomic E-state index is 0.0801. The van der Waals surface area contributed by atoms with E-state index < -0.39 is 5.97 Å². The predicted molar refractivity (Wildman–Crippen MR) is 40.8 cm³/mol. The fourth-order valence-corrected chi connectivity index (χ4v) is 0.464. The minimum Gasteiger partial charge on any atom is -0.423 e. The maximum atomic E-state index is 10.7. The third-order valence-corrected chi connectivity index (χ3v) is 1.08. The molecular formula is C8H12O3. The van der Waals surface area contributed by atoms with Crippen molar-refractivity contribution >= 4 is 11.8 Å². The first-order valence-electron chi connectivity index (χ1n) is 3.48. The van der Waals surface area contributed by atoms with E-state index in [2.05, 4.69) is 11.3 Å². The van der Waals surface area contributed by atoms with Gasteiger partial charge in [-0.2, -0.15) is 0 Å². The molecule has 0 saturated heterocycles. The summed E-state index contributed by atoms with van der Waals surface area (Å²) in [6, 6.07) is 0. The van der Waals surface area contributed by atoms with Crippen LogP contribution in [0.15, 0.2) is 12.3 Å². The summed E-state index contributed by atoms with van der Waals surface area (Å²) in [6.07, 6.45) is 1.04. The first kappa shape index (κ1) is 9.88. The Morgan fingerprint density at radius 2 is 2.00 bits per heavy atom. The first-order valence-corrected chi connectivity index (χ1v) is 3.48. The van der Waals surface area contributed by atoms with Crippen molar-refractivity contribution in [3.8, 4) is 0 Å². The van der Waals surface area contributed by atoms with Gasteiger partial charge < -0.3 is 4.74 Å². The summed E-state index contributed by atoms with van der Waals surface area (Å²) in [4.78, 5) is 21.2. The average molecular weight is 156 g/mol. The average Bonchev–Trinajstić information content (AvgIpc) is 1.87. The summed E-state index contributed by atoms with van der Waals surface area (Å²) in [5.41, 5.74) is 0. The molecule has 0 saturated carbocycles. The van der Waals surface area contributed by atoms with E-state index in [0.29, 0.717) is 12.8 Å². The topological polar surface area (TPSA) is 43.4 Å². The third-order valence-electron chi connectivity index (χ3n) is 1.08. The van der Waals surface area contributed by atoms with Gasteiger partial charge in [-0.15, -0.1) is 0 Å². The molecule has 0 aromatic carbocycles. The van der Waals surface area contributed by atoms with Crippen molar-refractivity contribution < 1.29 is 14.3 Å². The molecule has 0 aliphatic heterocycles. The lowest BCUT2D eigenvalue weighted by atomic mass is 10.3. The van der Waals surface area contributed by atoms with Crippen molar-refractivity contribution in [3.05, 3.63) is 12.3 Å². The number of Topliss-reactive ketones (excluding diaryl/α,β-unsaturated/α-hetero) is 1. The van der Waals surface area contributed by atoms with Gasteiger partial charge in [-0.25, -0.2) is 0 Å². The summed E-state index contributed by atoms with van der Waals surface area (Å²) in [6.45, 7) is 6.45. The second kappa shape index (κ2) is 4.66. The van der Waals surface area contributed by atoms with Crippen LogP contribution in [0.2, 0.25) is 0 Å². The highest BCUT2D eigenvalue weighted by molar-refractivity contribution is 5.93. The number of ether oxygens (including phenoxy) is 1. The summed E-state index contributed by atoms with van der Waals surface area (Å²) >= 11 is 0. The van der Waals surface area contributed by atoms with E-state index in [0.717, 1.165) is 0 Å². The number of carbonyl (C=O) groups is 2. The molecule has 0 radical (unpaired) electrons. The molecular weight excluding hydrogens is 144 g/mol. The molecule has 11 heavy (non-hydrogen) atoms. The van der Waals surface area contributed by atoms with Crippen LogP contribution in [0.1, 0.15) is 26.7 Å². The van der Waals surface area contributed by atoms with Crippen LogP contribution >= 0.6 is 0 Å². The van der Waals surface area contributed by atoms with Crippen LogP contribution in [0, 0.1) is 0 Å². The Kier molecular flexibility index (Phi) is 4.18. The van der Waals surface area contributed by atoms with Crippen molar-refractivity contribution in [2.24, 2.45) is 0 Å². The number of rotatable bonds is 4. The summed E-state index contributed by atoms with van der Waals surface area (Å²) in [7, 11) is 0. The molecule has 62 valence electrons. The van der Waals surface area contributed by atoms with Gasteiger partial charge in [0.15, 0.2) is 11.5 Å². The Bertz CT molecular complexity index is 182. The van der Waals surface area contributed by atoms with Crippen LogP contribution in [0.3, 0.4) is 0 Å². The minimum atomic E-state index is -0.396. The van der Waals surface area contributed by atoms with Gasteiger partial charge in [0, 0.05) is 13.3 Å². The summed E-state index contributed by atoms with van der Waals surface area (Å²) < 4.78 is 4.57. The van der Waals surface area contributed by atoms with Gasteiger partial charge in [0.25, 0.3) is 0 Å². The lowest BCUT2D eigenvalue weighted by molar-refractivity contribution is -0.142. The molecule has 3 heteroatoms. The molecule has 0 aromatic rings. The fourth-order valence-electron chi connectivity index (χ4n) is 0.464. The van der Waals surface area contributed by atoms with Gasteiger partial charge in [-0.05, 0) is 6.42 Å². The Balaban J connectivity index is 3.76. The van der Waals surface area contributed by atoms with Gasteiger partial charge in [-0.1, -0.05) is 13.5 Å². The van der Waals surface area contributed by atoms with E-state index in [1.165, 1.54) is 6.92 Å². The van der Waals surface area contributed by atoms with Crippen molar-refractivity contribution in [1.29, 1.82) is 0 Å². The summed E-state index contributed by atoms with van der Waals surface area (Å²) in [5, 5.41) is 0. The van der Waals surface area contributed by atoms with E-state index in [1.807, 2.05) is 6.92 Å². The van der Waals surface area contributed by atoms with Gasteiger partial charge >= 0.3 is 5.97 Å². The molecule has 3 nitrogen and oxygen atoms in total. The molecule has 0 bridgehead atoms. The van der Waals surface area contributed by atoms with Crippen LogP contribution in [0.5, 0.6) is 0 Å². The molecule has 0 aromatic heterocycles. The van der Waals surface area contributed by atoms with Gasteiger partial charge in [0.05, 0.1) is 0 Å². The molecule has 0 N–H and O–H groups in total. The zero-order valence-electron chi connectivity index (χ0n) is 6.85. The lowest BCUT2D eigenvalue weighted by Crippen LogP contribution is -2.07. The highest BCUT2D eigenvalue weighted by Crippen LogP contribution is 1.99. The van der Waals surface area contributed by atoms with Gasteiger partial charge in [-0.3, -0.25) is 9.59 Å². The molecule has 0 aliphatic carbocycles. The van der Waals surface area contributed by atoms with E-state index in [1.54, 1.807) is 0 Å². The van der Waals surface area contributed by atoms with Crippen molar-refractivity contribution in [3.63, 3.8) is 0 Å². The molecule has 0 rings (SSSR count). The zero-order valence-corrected chi connectivity index (χ0v) is 6.85. The zero-order chi connectivity index (χ0) is 8.85. The van der Waals surface area contributed by atoms with Crippen LogP contribution < -0.4 is 0 Å². The quantitative estimate of drug-likeness (QED) is 0.351. The van der Waals surface area contributed by atoms with Gasteiger partial charge in [0.2, 0.25) is 0 Å². The van der Waals surface area contributed by atoms with Crippen LogP contribution in [-0.4, -0.2) is 11.8 Å². The first-order chi connectivity index (χ1) is 5.07. The Labute approximate surface area is 66.0 Å². The normalized spacial score (nSPS) is 8.91. The standard InChI is InChI=1S/C8H12O3/c1-4-5-8(10)11-7(3)6(2)9/h3-5H2,1-2H3. The molecule has 0 unspecified atom stereocenters. The molecule has 0 spiro atoms. The maximum absolute atomic E-state index is 10.7. The monoisotopic (exact) mass is 156 g/mol. The second-order valence-corrected chi connectivity index (χ2v) is 2.20. The Morgan fingerprint density at radius 3 is 2.36 bits per heavy atom. The molecule has 0 heterocycles. The van der Waals surface area contributed by atoms with E-state index in [9.17, 15) is 9.59 Å². The molecule has 0 amide bonds. The highest BCUT2D eigenvalue weighted by atomic mass is 16.5. The number of allylic oxidation sites excluding steroid dienone is 1. The number of hydrogen-bond acceptors (Lipinski definition) is 3. The van der Waals surface area contributed by atoms with Crippen LogP contribution in [0.25, 0.3) is 0 Å². The highest BCUT2D eigenvalue weighted by Gasteiger charge is 2.06. The Morgan fingerprint density at radius 1 is 1.45 bits per heavy atom. The number of ketones is 1. The van der Waals surface area contributed by atoms with Crippen LogP contribution in [-0.2, 0) is 14.3 Å². The van der Waals surface area contributed by atoms with E-state index in [4.69, 9.17) is 0 Å². The predicted octanol–water partition coefficient (Wildman–Crippen LogP) is 1.43. The largest absolute Gasteiger partial charge is 0.423 e. The SMILES string of the molecule is C=C(OC(=O)CCC)C(C)=O. The lowest BCUT2D eigenvalue weighted by Gasteiger charge is -2.01. The molecule has 0 aliphatic rings. The number of carbonyl (C=O) groups excluding carboxylic acids is 2. The third kappa shape index (κ3) is 4.31. The molecule has 0 fully saturated rings. The van der Waals surface area contributed by atoms with Crippen molar-refractivity contribution in [2.75, 3.05) is 0 Å². The number of esters is 1. The Hall–Kier alpha value is -1.12. The van der Waals surface area contributed by atoms with Crippen LogP contribution in [0.4, 0.5) is 0 Å². The second-order valence-electron chi connectivity index (χ2n) is 2.20. The van der Waals surface area contributed by atoms with Crippen molar-refractivity contribution in [1.82, 2.24) is 0 Å². The molecule has 0 atom stereocenters. The van der Waals surface area contributed by atoms with E-state index >= 15 is 0 Å². The fraction of sp³-hybridized carbons (Fsp3) is 0.500.